The largest absolute Gasteiger partial charge is 0.486 e. The molecule has 26 heavy (non-hydrogen) atoms. The third-order valence-corrected chi connectivity index (χ3v) is 4.88. The Hall–Kier alpha value is -2.79. The van der Waals surface area contributed by atoms with Gasteiger partial charge in [0.25, 0.3) is 5.91 Å². The predicted octanol–water partition coefficient (Wildman–Crippen LogP) is 3.45. The molecule has 0 saturated carbocycles. The molecule has 1 atom stereocenters. The van der Waals surface area contributed by atoms with Gasteiger partial charge in [-0.05, 0) is 48.0 Å². The van der Waals surface area contributed by atoms with Crippen molar-refractivity contribution in [2.24, 2.45) is 0 Å². The SMILES string of the molecule is CN(C(=O)c1ccc(COc2ccc3ccccc3c2)o1)C1CCNC1. The summed E-state index contributed by atoms with van der Waals surface area (Å²) in [7, 11) is 1.83. The van der Waals surface area contributed by atoms with Gasteiger partial charge >= 0.3 is 0 Å². The number of fused-ring (bicyclic) bond motifs is 1. The monoisotopic (exact) mass is 350 g/mol. The molecule has 0 aliphatic carbocycles. The fourth-order valence-corrected chi connectivity index (χ4v) is 3.29. The number of hydrogen-bond acceptors (Lipinski definition) is 4. The average molecular weight is 350 g/mol. The fourth-order valence-electron chi connectivity index (χ4n) is 3.29. The molecule has 0 spiro atoms. The molecular formula is C21H22N2O3. The third-order valence-electron chi connectivity index (χ3n) is 4.88. The van der Waals surface area contributed by atoms with E-state index in [9.17, 15) is 4.79 Å². The van der Waals surface area contributed by atoms with E-state index in [2.05, 4.69) is 17.4 Å². The number of rotatable bonds is 5. The number of carbonyl (C=O) groups excluding carboxylic acids is 1. The number of furan rings is 1. The Balaban J connectivity index is 1.40. The van der Waals surface area contributed by atoms with E-state index in [0.717, 1.165) is 30.6 Å². The second kappa shape index (κ2) is 7.22. The van der Waals surface area contributed by atoms with Crippen molar-refractivity contribution in [3.05, 3.63) is 66.1 Å². The van der Waals surface area contributed by atoms with Crippen LogP contribution < -0.4 is 10.1 Å². The maximum Gasteiger partial charge on any atom is 0.289 e. The summed E-state index contributed by atoms with van der Waals surface area (Å²) in [6.45, 7) is 2.08. The van der Waals surface area contributed by atoms with E-state index in [-0.39, 0.29) is 11.9 Å². The van der Waals surface area contributed by atoms with E-state index in [1.165, 1.54) is 5.39 Å². The molecule has 0 radical (unpaired) electrons. The molecule has 1 aliphatic rings. The van der Waals surface area contributed by atoms with Gasteiger partial charge in [0, 0.05) is 19.6 Å². The first-order valence-corrected chi connectivity index (χ1v) is 8.89. The summed E-state index contributed by atoms with van der Waals surface area (Å²) < 4.78 is 11.5. The summed E-state index contributed by atoms with van der Waals surface area (Å²) in [5.41, 5.74) is 0. The van der Waals surface area contributed by atoms with Crippen LogP contribution in [0.4, 0.5) is 0 Å². The number of ether oxygens (including phenoxy) is 1. The molecule has 1 amide bonds. The molecule has 5 nitrogen and oxygen atoms in total. The summed E-state index contributed by atoms with van der Waals surface area (Å²) in [6.07, 6.45) is 0.973. The van der Waals surface area contributed by atoms with Gasteiger partial charge in [0.05, 0.1) is 0 Å². The molecular weight excluding hydrogens is 328 g/mol. The van der Waals surface area contributed by atoms with Crippen LogP contribution >= 0.6 is 0 Å². The lowest BCUT2D eigenvalue weighted by Crippen LogP contribution is -2.38. The Morgan fingerprint density at radius 2 is 2.04 bits per heavy atom. The lowest BCUT2D eigenvalue weighted by molar-refractivity contribution is 0.0707. The van der Waals surface area contributed by atoms with E-state index in [1.54, 1.807) is 17.0 Å². The van der Waals surface area contributed by atoms with E-state index < -0.39 is 0 Å². The van der Waals surface area contributed by atoms with Gasteiger partial charge in [-0.25, -0.2) is 0 Å². The third kappa shape index (κ3) is 3.44. The van der Waals surface area contributed by atoms with Gasteiger partial charge in [-0.1, -0.05) is 30.3 Å². The summed E-state index contributed by atoms with van der Waals surface area (Å²) in [6, 6.07) is 17.9. The zero-order chi connectivity index (χ0) is 17.9. The molecule has 1 unspecified atom stereocenters. The Bertz CT molecular complexity index is 912. The Morgan fingerprint density at radius 1 is 1.19 bits per heavy atom. The summed E-state index contributed by atoms with van der Waals surface area (Å²) in [4.78, 5) is 14.3. The van der Waals surface area contributed by atoms with E-state index >= 15 is 0 Å². The van der Waals surface area contributed by atoms with Crippen molar-refractivity contribution in [1.82, 2.24) is 10.2 Å². The molecule has 1 N–H and O–H groups in total. The highest BCUT2D eigenvalue weighted by atomic mass is 16.5. The number of benzene rings is 2. The minimum absolute atomic E-state index is 0.0874. The van der Waals surface area contributed by atoms with Crippen LogP contribution in [0.3, 0.4) is 0 Å². The van der Waals surface area contributed by atoms with E-state index in [4.69, 9.17) is 9.15 Å². The maximum absolute atomic E-state index is 12.5. The molecule has 5 heteroatoms. The first-order chi connectivity index (χ1) is 12.7. The topological polar surface area (TPSA) is 54.7 Å². The van der Waals surface area contributed by atoms with Gasteiger partial charge in [0.1, 0.15) is 18.1 Å². The van der Waals surface area contributed by atoms with Gasteiger partial charge in [0.15, 0.2) is 5.76 Å². The standard InChI is InChI=1S/C21H22N2O3/c1-23(17-10-11-22-13-17)21(24)20-9-8-19(26-20)14-25-18-7-6-15-4-2-3-5-16(15)12-18/h2-9,12,17,22H,10-11,13-14H2,1H3. The van der Waals surface area contributed by atoms with Gasteiger partial charge in [0.2, 0.25) is 0 Å². The van der Waals surface area contributed by atoms with Crippen LogP contribution in [0.5, 0.6) is 5.75 Å². The fraction of sp³-hybridized carbons (Fsp3) is 0.286. The van der Waals surface area contributed by atoms with Gasteiger partial charge in [-0.15, -0.1) is 0 Å². The molecule has 2 aromatic carbocycles. The highest BCUT2D eigenvalue weighted by Gasteiger charge is 2.25. The minimum atomic E-state index is -0.0874. The molecule has 2 heterocycles. The van der Waals surface area contributed by atoms with E-state index in [0.29, 0.717) is 18.1 Å². The molecule has 4 rings (SSSR count). The van der Waals surface area contributed by atoms with Crippen LogP contribution in [0.15, 0.2) is 59.0 Å². The Labute approximate surface area is 152 Å². The van der Waals surface area contributed by atoms with Crippen molar-refractivity contribution in [2.45, 2.75) is 19.1 Å². The quantitative estimate of drug-likeness (QED) is 0.766. The number of nitrogens with zero attached hydrogens (tertiary/aromatic N) is 1. The van der Waals surface area contributed by atoms with Crippen molar-refractivity contribution in [2.75, 3.05) is 20.1 Å². The van der Waals surface area contributed by atoms with Crippen molar-refractivity contribution < 1.29 is 13.9 Å². The van der Waals surface area contributed by atoms with Gasteiger partial charge in [-0.2, -0.15) is 0 Å². The molecule has 1 aromatic heterocycles. The molecule has 1 saturated heterocycles. The number of hydrogen-bond donors (Lipinski definition) is 1. The van der Waals surface area contributed by atoms with Crippen LogP contribution in [0, 0.1) is 0 Å². The molecule has 134 valence electrons. The van der Waals surface area contributed by atoms with Crippen molar-refractivity contribution in [3.8, 4) is 5.75 Å². The normalized spacial score (nSPS) is 16.7. The van der Waals surface area contributed by atoms with Crippen LogP contribution in [0.25, 0.3) is 10.8 Å². The highest BCUT2D eigenvalue weighted by molar-refractivity contribution is 5.91. The molecule has 3 aromatic rings. The van der Waals surface area contributed by atoms with Crippen molar-refractivity contribution in [1.29, 1.82) is 0 Å². The van der Waals surface area contributed by atoms with Crippen LogP contribution in [0.2, 0.25) is 0 Å². The second-order valence-corrected chi connectivity index (χ2v) is 6.63. The van der Waals surface area contributed by atoms with Gasteiger partial charge < -0.3 is 19.4 Å². The van der Waals surface area contributed by atoms with Crippen LogP contribution in [-0.4, -0.2) is 37.0 Å². The average Bonchev–Trinajstić information content (AvgIpc) is 3.37. The zero-order valence-corrected chi connectivity index (χ0v) is 14.8. The molecule has 0 bridgehead atoms. The second-order valence-electron chi connectivity index (χ2n) is 6.63. The Morgan fingerprint density at radius 3 is 2.85 bits per heavy atom. The van der Waals surface area contributed by atoms with Crippen LogP contribution in [-0.2, 0) is 6.61 Å². The number of carbonyl (C=O) groups is 1. The van der Waals surface area contributed by atoms with Crippen molar-refractivity contribution >= 4 is 16.7 Å². The smallest absolute Gasteiger partial charge is 0.289 e. The summed E-state index contributed by atoms with van der Waals surface area (Å²) in [5, 5.41) is 5.58. The minimum Gasteiger partial charge on any atom is -0.486 e. The van der Waals surface area contributed by atoms with Gasteiger partial charge in [-0.3, -0.25) is 4.79 Å². The summed E-state index contributed by atoms with van der Waals surface area (Å²) >= 11 is 0. The molecule has 1 fully saturated rings. The Kier molecular flexibility index (Phi) is 4.63. The number of likely N-dealkylation sites (N-methyl/N-ethyl adjacent to an activating group) is 1. The predicted molar refractivity (Wildman–Crippen MR) is 100 cm³/mol. The first-order valence-electron chi connectivity index (χ1n) is 8.89. The lowest BCUT2D eigenvalue weighted by atomic mass is 10.1. The van der Waals surface area contributed by atoms with Crippen LogP contribution in [0.1, 0.15) is 22.7 Å². The zero-order valence-electron chi connectivity index (χ0n) is 14.8. The molecule has 1 aliphatic heterocycles. The van der Waals surface area contributed by atoms with Crippen molar-refractivity contribution in [3.63, 3.8) is 0 Å². The number of amides is 1. The first kappa shape index (κ1) is 16.7. The lowest BCUT2D eigenvalue weighted by Gasteiger charge is -2.22. The number of nitrogens with one attached hydrogen (secondary N) is 1. The van der Waals surface area contributed by atoms with E-state index in [1.807, 2.05) is 37.4 Å². The maximum atomic E-state index is 12.5. The highest BCUT2D eigenvalue weighted by Crippen LogP contribution is 2.22. The summed E-state index contributed by atoms with van der Waals surface area (Å²) in [5.74, 6) is 1.69.